The zero-order valence-electron chi connectivity index (χ0n) is 10.7. The molecule has 0 bridgehead atoms. The molecule has 0 aliphatic rings. The van der Waals surface area contributed by atoms with Crippen LogP contribution in [0.1, 0.15) is 22.8 Å². The molecule has 4 heteroatoms. The fourth-order valence-corrected chi connectivity index (χ4v) is 2.35. The van der Waals surface area contributed by atoms with Crippen molar-refractivity contribution >= 4 is 23.2 Å². The van der Waals surface area contributed by atoms with Gasteiger partial charge in [-0.1, -0.05) is 29.3 Å². The van der Waals surface area contributed by atoms with Crippen LogP contribution in [0, 0.1) is 6.92 Å². The van der Waals surface area contributed by atoms with Crippen LogP contribution in [-0.4, -0.2) is 12.2 Å². The average molecular weight is 297 g/mol. The zero-order valence-corrected chi connectivity index (χ0v) is 12.2. The van der Waals surface area contributed by atoms with Gasteiger partial charge < -0.3 is 9.84 Å². The van der Waals surface area contributed by atoms with Crippen molar-refractivity contribution in [3.05, 3.63) is 63.1 Å². The highest BCUT2D eigenvalue weighted by Crippen LogP contribution is 2.34. The van der Waals surface area contributed by atoms with E-state index in [0.717, 1.165) is 11.1 Å². The molecular weight excluding hydrogens is 283 g/mol. The summed E-state index contributed by atoms with van der Waals surface area (Å²) in [7, 11) is 1.56. The van der Waals surface area contributed by atoms with Gasteiger partial charge in [0.2, 0.25) is 0 Å². The van der Waals surface area contributed by atoms with Gasteiger partial charge in [0.1, 0.15) is 11.9 Å². The van der Waals surface area contributed by atoms with Crippen LogP contribution in [0.25, 0.3) is 0 Å². The lowest BCUT2D eigenvalue weighted by atomic mass is 9.97. The van der Waals surface area contributed by atoms with E-state index in [1.807, 2.05) is 13.0 Å². The van der Waals surface area contributed by atoms with E-state index in [9.17, 15) is 5.11 Å². The molecule has 1 N–H and O–H groups in total. The fourth-order valence-electron chi connectivity index (χ4n) is 1.99. The van der Waals surface area contributed by atoms with Gasteiger partial charge in [0.15, 0.2) is 0 Å². The van der Waals surface area contributed by atoms with Crippen LogP contribution in [0.3, 0.4) is 0 Å². The Kier molecular flexibility index (Phi) is 4.35. The van der Waals surface area contributed by atoms with Crippen LogP contribution < -0.4 is 4.74 Å². The molecule has 19 heavy (non-hydrogen) atoms. The van der Waals surface area contributed by atoms with E-state index >= 15 is 0 Å². The van der Waals surface area contributed by atoms with E-state index in [4.69, 9.17) is 27.9 Å². The fraction of sp³-hybridized carbons (Fsp3) is 0.200. The van der Waals surface area contributed by atoms with E-state index < -0.39 is 6.10 Å². The van der Waals surface area contributed by atoms with Gasteiger partial charge in [-0.05, 0) is 48.4 Å². The third-order valence-corrected chi connectivity index (χ3v) is 3.49. The highest BCUT2D eigenvalue weighted by molar-refractivity contribution is 6.31. The normalized spacial score (nSPS) is 12.3. The summed E-state index contributed by atoms with van der Waals surface area (Å²) in [5.41, 5.74) is 2.33. The predicted octanol–water partition coefficient (Wildman–Crippen LogP) is 4.39. The molecule has 0 radical (unpaired) electrons. The molecule has 2 aromatic carbocycles. The van der Waals surface area contributed by atoms with Gasteiger partial charge in [-0.25, -0.2) is 0 Å². The van der Waals surface area contributed by atoms with Crippen LogP contribution >= 0.6 is 23.2 Å². The van der Waals surface area contributed by atoms with Gasteiger partial charge in [-0.3, -0.25) is 0 Å². The molecule has 1 atom stereocenters. The van der Waals surface area contributed by atoms with Crippen molar-refractivity contribution < 1.29 is 9.84 Å². The summed E-state index contributed by atoms with van der Waals surface area (Å²) in [6, 6.07) is 10.6. The topological polar surface area (TPSA) is 29.5 Å². The first-order valence-electron chi connectivity index (χ1n) is 5.80. The van der Waals surface area contributed by atoms with Crippen molar-refractivity contribution in [2.24, 2.45) is 0 Å². The summed E-state index contributed by atoms with van der Waals surface area (Å²) < 4.78 is 5.26. The Balaban J connectivity index is 2.51. The number of methoxy groups -OCH3 is 1. The first kappa shape index (κ1) is 14.2. The third kappa shape index (κ3) is 3.03. The molecule has 2 rings (SSSR count). The van der Waals surface area contributed by atoms with Gasteiger partial charge >= 0.3 is 0 Å². The molecule has 0 fully saturated rings. The summed E-state index contributed by atoms with van der Waals surface area (Å²) in [4.78, 5) is 0. The Morgan fingerprint density at radius 2 is 1.58 bits per heavy atom. The number of ether oxygens (including phenoxy) is 1. The number of rotatable bonds is 3. The molecule has 2 aromatic rings. The number of aryl methyl sites for hydroxylation is 1. The lowest BCUT2D eigenvalue weighted by Gasteiger charge is -2.17. The maximum atomic E-state index is 10.5. The number of aliphatic hydroxyl groups is 1. The Bertz CT molecular complexity index is 597. The SMILES string of the molecule is COc1ccc(Cl)cc1C(O)c1cc(Cl)ccc1C. The van der Waals surface area contributed by atoms with Gasteiger partial charge in [-0.15, -0.1) is 0 Å². The molecule has 0 heterocycles. The second-order valence-electron chi connectivity index (χ2n) is 4.29. The molecule has 0 aromatic heterocycles. The maximum absolute atomic E-state index is 10.5. The van der Waals surface area contributed by atoms with Crippen molar-refractivity contribution in [2.45, 2.75) is 13.0 Å². The van der Waals surface area contributed by atoms with Crippen LogP contribution in [-0.2, 0) is 0 Å². The summed E-state index contributed by atoms with van der Waals surface area (Å²) in [5.74, 6) is 0.594. The van der Waals surface area contributed by atoms with E-state index in [-0.39, 0.29) is 0 Å². The molecule has 0 amide bonds. The average Bonchev–Trinajstić information content (AvgIpc) is 2.40. The highest BCUT2D eigenvalue weighted by atomic mass is 35.5. The number of halogens is 2. The van der Waals surface area contributed by atoms with Crippen molar-refractivity contribution in [1.82, 2.24) is 0 Å². The van der Waals surface area contributed by atoms with E-state index in [1.54, 1.807) is 37.4 Å². The Labute approximate surface area is 122 Å². The van der Waals surface area contributed by atoms with Gasteiger partial charge in [0.25, 0.3) is 0 Å². The largest absolute Gasteiger partial charge is 0.496 e. The summed E-state index contributed by atoms with van der Waals surface area (Å²) in [5, 5.41) is 11.7. The number of hydrogen-bond donors (Lipinski definition) is 1. The van der Waals surface area contributed by atoms with Gasteiger partial charge in [-0.2, -0.15) is 0 Å². The maximum Gasteiger partial charge on any atom is 0.125 e. The second kappa shape index (κ2) is 5.83. The molecule has 1 unspecified atom stereocenters. The summed E-state index contributed by atoms with van der Waals surface area (Å²) >= 11 is 12.0. The third-order valence-electron chi connectivity index (χ3n) is 3.02. The molecule has 0 saturated heterocycles. The Hall–Kier alpha value is -1.22. The van der Waals surface area contributed by atoms with Crippen LogP contribution in [0.15, 0.2) is 36.4 Å². The molecule has 2 nitrogen and oxygen atoms in total. The molecule has 0 aliphatic heterocycles. The van der Waals surface area contributed by atoms with Crippen molar-refractivity contribution in [1.29, 1.82) is 0 Å². The molecule has 0 spiro atoms. The van der Waals surface area contributed by atoms with E-state index in [2.05, 4.69) is 0 Å². The quantitative estimate of drug-likeness (QED) is 0.910. The number of aliphatic hydroxyl groups excluding tert-OH is 1. The Morgan fingerprint density at radius 1 is 1.00 bits per heavy atom. The Morgan fingerprint density at radius 3 is 2.21 bits per heavy atom. The highest BCUT2D eigenvalue weighted by Gasteiger charge is 2.18. The minimum absolute atomic E-state index is 0.550. The number of hydrogen-bond acceptors (Lipinski definition) is 2. The summed E-state index contributed by atoms with van der Waals surface area (Å²) in [6.07, 6.45) is -0.827. The smallest absolute Gasteiger partial charge is 0.125 e. The van der Waals surface area contributed by atoms with Gasteiger partial charge in [0.05, 0.1) is 7.11 Å². The summed E-state index contributed by atoms with van der Waals surface area (Å²) in [6.45, 7) is 1.92. The standard InChI is InChI=1S/C15H14Cl2O2/c1-9-3-4-10(16)7-12(9)15(18)13-8-11(17)5-6-14(13)19-2/h3-8,15,18H,1-2H3. The van der Waals surface area contributed by atoms with Crippen molar-refractivity contribution in [3.8, 4) is 5.75 Å². The minimum Gasteiger partial charge on any atom is -0.496 e. The monoisotopic (exact) mass is 296 g/mol. The minimum atomic E-state index is -0.827. The first-order chi connectivity index (χ1) is 9.02. The molecule has 100 valence electrons. The van der Waals surface area contributed by atoms with E-state index in [1.165, 1.54) is 0 Å². The molecule has 0 saturated carbocycles. The van der Waals surface area contributed by atoms with Crippen LogP contribution in [0.4, 0.5) is 0 Å². The van der Waals surface area contributed by atoms with Crippen molar-refractivity contribution in [3.63, 3.8) is 0 Å². The van der Waals surface area contributed by atoms with Crippen molar-refractivity contribution in [2.75, 3.05) is 7.11 Å². The van der Waals surface area contributed by atoms with Gasteiger partial charge in [0, 0.05) is 15.6 Å². The lowest BCUT2D eigenvalue weighted by molar-refractivity contribution is 0.214. The van der Waals surface area contributed by atoms with E-state index in [0.29, 0.717) is 21.4 Å². The zero-order chi connectivity index (χ0) is 14.0. The molecular formula is C15H14Cl2O2. The first-order valence-corrected chi connectivity index (χ1v) is 6.56. The predicted molar refractivity (Wildman–Crippen MR) is 78.3 cm³/mol. The lowest BCUT2D eigenvalue weighted by Crippen LogP contribution is -2.04. The second-order valence-corrected chi connectivity index (χ2v) is 5.16. The van der Waals surface area contributed by atoms with Crippen LogP contribution in [0.5, 0.6) is 5.75 Å². The van der Waals surface area contributed by atoms with Crippen LogP contribution in [0.2, 0.25) is 10.0 Å². The molecule has 0 aliphatic carbocycles. The number of benzene rings is 2.